The molecule has 1 fully saturated rings. The summed E-state index contributed by atoms with van der Waals surface area (Å²) in [7, 11) is 0. The summed E-state index contributed by atoms with van der Waals surface area (Å²) < 4.78 is 7.98. The predicted molar refractivity (Wildman–Crippen MR) is 120 cm³/mol. The minimum absolute atomic E-state index is 0.146. The Morgan fingerprint density at radius 2 is 1.96 bits per heavy atom. The molecule has 2 aromatic rings. The molecule has 1 amide bonds. The van der Waals surface area contributed by atoms with Crippen molar-refractivity contribution in [3.8, 4) is 5.75 Å². The number of thiocarbonyl (C=S) groups is 1. The lowest BCUT2D eigenvalue weighted by Crippen LogP contribution is -2.27. The van der Waals surface area contributed by atoms with E-state index in [1.807, 2.05) is 42.5 Å². The Kier molecular flexibility index (Phi) is 6.34. The minimum Gasteiger partial charge on any atom is -0.489 e. The Morgan fingerprint density at radius 3 is 2.69 bits per heavy atom. The highest BCUT2D eigenvalue weighted by Gasteiger charge is 2.33. The van der Waals surface area contributed by atoms with Crippen molar-refractivity contribution >= 4 is 77.8 Å². The Balaban J connectivity index is 1.96. The number of hydrogen-bond donors (Lipinski definition) is 0. The molecule has 132 valence electrons. The fourth-order valence-electron chi connectivity index (χ4n) is 2.36. The van der Waals surface area contributed by atoms with E-state index in [-0.39, 0.29) is 5.91 Å². The molecule has 3 nitrogen and oxygen atoms in total. The molecule has 7 heteroatoms. The molecule has 1 saturated heterocycles. The molecule has 1 aliphatic rings. The van der Waals surface area contributed by atoms with Crippen molar-refractivity contribution in [2.24, 2.45) is 0 Å². The number of benzene rings is 2. The summed E-state index contributed by atoms with van der Waals surface area (Å²) in [4.78, 5) is 15.0. The highest BCUT2D eigenvalue weighted by atomic mass is 79.9. The van der Waals surface area contributed by atoms with Crippen molar-refractivity contribution < 1.29 is 9.53 Å². The molecule has 2 aromatic carbocycles. The number of ether oxygens (including phenoxy) is 1. The molecular weight excluding hydrogens is 498 g/mol. The first kappa shape index (κ1) is 19.4. The maximum atomic E-state index is 12.9. The molecule has 0 aliphatic carbocycles. The van der Waals surface area contributed by atoms with Crippen molar-refractivity contribution in [2.45, 2.75) is 0 Å². The van der Waals surface area contributed by atoms with E-state index in [1.54, 1.807) is 17.1 Å². The highest BCUT2D eigenvalue weighted by Crippen LogP contribution is 2.38. The van der Waals surface area contributed by atoms with E-state index in [0.29, 0.717) is 21.6 Å². The first-order valence-electron chi connectivity index (χ1n) is 7.56. The van der Waals surface area contributed by atoms with Crippen LogP contribution >= 0.6 is 55.8 Å². The normalized spacial score (nSPS) is 15.6. The van der Waals surface area contributed by atoms with Gasteiger partial charge >= 0.3 is 0 Å². The molecular formula is C19H13Br2NO2S2. The van der Waals surface area contributed by atoms with Gasteiger partial charge in [0.2, 0.25) is 0 Å². The molecule has 0 radical (unpaired) electrons. The maximum Gasteiger partial charge on any atom is 0.270 e. The third-order valence-electron chi connectivity index (χ3n) is 3.48. The predicted octanol–water partition coefficient (Wildman–Crippen LogP) is 6.18. The number of rotatable bonds is 5. The van der Waals surface area contributed by atoms with Gasteiger partial charge in [-0.2, -0.15) is 0 Å². The molecule has 3 rings (SSSR count). The van der Waals surface area contributed by atoms with Gasteiger partial charge in [0, 0.05) is 14.5 Å². The van der Waals surface area contributed by atoms with Gasteiger partial charge in [-0.15, -0.1) is 0 Å². The van der Waals surface area contributed by atoms with Gasteiger partial charge in [-0.25, -0.2) is 0 Å². The summed E-state index contributed by atoms with van der Waals surface area (Å²) in [6, 6.07) is 13.2. The van der Waals surface area contributed by atoms with Crippen LogP contribution in [0.3, 0.4) is 0 Å². The van der Waals surface area contributed by atoms with Crippen molar-refractivity contribution in [1.29, 1.82) is 0 Å². The number of halogens is 2. The van der Waals surface area contributed by atoms with Gasteiger partial charge in [0.05, 0.1) is 10.6 Å². The van der Waals surface area contributed by atoms with Gasteiger partial charge in [-0.1, -0.05) is 74.6 Å². The summed E-state index contributed by atoms with van der Waals surface area (Å²) in [5, 5.41) is 0. The van der Waals surface area contributed by atoms with E-state index in [4.69, 9.17) is 17.0 Å². The Bertz CT molecular complexity index is 928. The minimum atomic E-state index is -0.146. The van der Waals surface area contributed by atoms with Crippen LogP contribution in [0, 0.1) is 0 Å². The van der Waals surface area contributed by atoms with Crippen LogP contribution in [0.5, 0.6) is 5.75 Å². The smallest absolute Gasteiger partial charge is 0.270 e. The van der Waals surface area contributed by atoms with E-state index in [2.05, 4.69) is 38.4 Å². The van der Waals surface area contributed by atoms with Gasteiger partial charge in [-0.3, -0.25) is 9.69 Å². The molecule has 0 saturated carbocycles. The van der Waals surface area contributed by atoms with Gasteiger partial charge in [0.15, 0.2) is 4.32 Å². The van der Waals surface area contributed by atoms with E-state index in [1.165, 1.54) is 11.8 Å². The van der Waals surface area contributed by atoms with Crippen LogP contribution in [-0.4, -0.2) is 16.8 Å². The zero-order valence-corrected chi connectivity index (χ0v) is 18.3. The van der Waals surface area contributed by atoms with Crippen LogP contribution < -0.4 is 9.64 Å². The fourth-order valence-corrected chi connectivity index (χ4v) is 4.41. The zero-order valence-electron chi connectivity index (χ0n) is 13.4. The van der Waals surface area contributed by atoms with Gasteiger partial charge in [0.25, 0.3) is 5.91 Å². The van der Waals surface area contributed by atoms with Crippen molar-refractivity contribution in [1.82, 2.24) is 0 Å². The first-order valence-corrected chi connectivity index (χ1v) is 10.4. The number of hydrogen-bond acceptors (Lipinski definition) is 4. The summed E-state index contributed by atoms with van der Waals surface area (Å²) in [5.74, 6) is 0.536. The molecule has 1 aliphatic heterocycles. The van der Waals surface area contributed by atoms with Crippen LogP contribution in [0.1, 0.15) is 5.56 Å². The fraction of sp³-hybridized carbons (Fsp3) is 0.0526. The number of carbonyl (C=O) groups excluding carboxylic acids is 1. The highest BCUT2D eigenvalue weighted by molar-refractivity contribution is 9.10. The molecule has 0 bridgehead atoms. The first-order chi connectivity index (χ1) is 12.5. The molecule has 0 unspecified atom stereocenters. The van der Waals surface area contributed by atoms with E-state index < -0.39 is 0 Å². The second kappa shape index (κ2) is 8.52. The van der Waals surface area contributed by atoms with Gasteiger partial charge < -0.3 is 4.74 Å². The average Bonchev–Trinajstić information content (AvgIpc) is 2.88. The molecule has 0 aromatic heterocycles. The van der Waals surface area contributed by atoms with Crippen molar-refractivity contribution in [2.75, 3.05) is 11.5 Å². The van der Waals surface area contributed by atoms with Crippen molar-refractivity contribution in [3.63, 3.8) is 0 Å². The van der Waals surface area contributed by atoms with E-state index in [9.17, 15) is 4.79 Å². The van der Waals surface area contributed by atoms with Crippen LogP contribution in [-0.2, 0) is 4.79 Å². The summed E-state index contributed by atoms with van der Waals surface area (Å²) in [6.45, 7) is 4.05. The van der Waals surface area contributed by atoms with E-state index in [0.717, 1.165) is 20.2 Å². The maximum absolute atomic E-state index is 12.9. The molecule has 0 spiro atoms. The molecule has 0 atom stereocenters. The SMILES string of the molecule is C=CCOc1ccc(Br)cc1/C=C1/SC(=S)N(c2cccc(Br)c2)C1=O. The topological polar surface area (TPSA) is 29.5 Å². The average molecular weight is 511 g/mol. The van der Waals surface area contributed by atoms with Crippen LogP contribution in [0.4, 0.5) is 5.69 Å². The summed E-state index contributed by atoms with van der Waals surface area (Å²) >= 11 is 13.6. The van der Waals surface area contributed by atoms with Crippen LogP contribution in [0.15, 0.2) is 69.0 Å². The lowest BCUT2D eigenvalue weighted by Gasteiger charge is -2.14. The third kappa shape index (κ3) is 4.28. The standard InChI is InChI=1S/C19H13Br2NO2S2/c1-2-8-24-16-7-6-14(21)9-12(16)10-17-18(23)22(19(25)26-17)15-5-3-4-13(20)11-15/h2-7,9-11H,1,8H2/b17-10+. The monoisotopic (exact) mass is 509 g/mol. The zero-order chi connectivity index (χ0) is 18.7. The summed E-state index contributed by atoms with van der Waals surface area (Å²) in [5.41, 5.74) is 1.54. The molecule has 26 heavy (non-hydrogen) atoms. The number of amides is 1. The third-order valence-corrected chi connectivity index (χ3v) is 5.76. The summed E-state index contributed by atoms with van der Waals surface area (Å²) in [6.07, 6.45) is 3.49. The van der Waals surface area contributed by atoms with E-state index >= 15 is 0 Å². The lowest BCUT2D eigenvalue weighted by atomic mass is 10.2. The second-order valence-electron chi connectivity index (χ2n) is 5.28. The Labute approximate surface area is 178 Å². The number of carbonyl (C=O) groups is 1. The largest absolute Gasteiger partial charge is 0.489 e. The second-order valence-corrected chi connectivity index (χ2v) is 8.79. The number of nitrogens with zero attached hydrogens (tertiary/aromatic N) is 1. The molecule has 1 heterocycles. The van der Waals surface area contributed by atoms with Crippen molar-refractivity contribution in [3.05, 3.63) is 74.5 Å². The van der Waals surface area contributed by atoms with Gasteiger partial charge in [0.1, 0.15) is 12.4 Å². The Hall–Kier alpha value is -1.41. The number of thioether (sulfide) groups is 1. The van der Waals surface area contributed by atoms with Crippen LogP contribution in [0.2, 0.25) is 0 Å². The van der Waals surface area contributed by atoms with Crippen LogP contribution in [0.25, 0.3) is 6.08 Å². The van der Waals surface area contributed by atoms with Gasteiger partial charge in [-0.05, 0) is 42.5 Å². The lowest BCUT2D eigenvalue weighted by molar-refractivity contribution is -0.113. The Morgan fingerprint density at radius 1 is 1.19 bits per heavy atom. The molecule has 0 N–H and O–H groups in total. The quantitative estimate of drug-likeness (QED) is 0.273. The number of anilines is 1.